The van der Waals surface area contributed by atoms with Crippen molar-refractivity contribution in [2.24, 2.45) is 0 Å². The van der Waals surface area contributed by atoms with Crippen molar-refractivity contribution in [3.63, 3.8) is 0 Å². The molecular formula is C20H23N5O3S2. The number of carbonyl (C=O) groups is 1. The van der Waals surface area contributed by atoms with Gasteiger partial charge in [-0.2, -0.15) is 5.10 Å². The van der Waals surface area contributed by atoms with Gasteiger partial charge >= 0.3 is 0 Å². The van der Waals surface area contributed by atoms with Crippen LogP contribution < -0.4 is 10.0 Å². The molecule has 10 heteroatoms. The van der Waals surface area contributed by atoms with E-state index in [0.29, 0.717) is 22.7 Å². The highest BCUT2D eigenvalue weighted by Crippen LogP contribution is 2.18. The fourth-order valence-corrected chi connectivity index (χ4v) is 4.52. The highest BCUT2D eigenvalue weighted by Gasteiger charge is 2.19. The van der Waals surface area contributed by atoms with Gasteiger partial charge in [-0.15, -0.1) is 0 Å². The largest absolute Gasteiger partial charge is 0.345 e. The van der Waals surface area contributed by atoms with Gasteiger partial charge in [-0.05, 0) is 49.3 Å². The molecule has 0 saturated heterocycles. The van der Waals surface area contributed by atoms with Gasteiger partial charge < -0.3 is 9.88 Å². The topological polar surface area (TPSA) is 109 Å². The first-order valence-electron chi connectivity index (χ1n) is 9.38. The summed E-state index contributed by atoms with van der Waals surface area (Å²) in [6, 6.07) is 13.8. The predicted molar refractivity (Wildman–Crippen MR) is 116 cm³/mol. The third-order valence-electron chi connectivity index (χ3n) is 4.61. The van der Waals surface area contributed by atoms with E-state index >= 15 is 0 Å². The lowest BCUT2D eigenvalue weighted by atomic mass is 10.1. The van der Waals surface area contributed by atoms with Crippen LogP contribution in [0.15, 0.2) is 53.4 Å². The summed E-state index contributed by atoms with van der Waals surface area (Å²) in [6.07, 6.45) is 0. The maximum absolute atomic E-state index is 12.8. The molecule has 3 aromatic rings. The number of aromatic nitrogens is 3. The molecule has 1 aromatic heterocycles. The number of hydrogen-bond acceptors (Lipinski definition) is 5. The Balaban J connectivity index is 1.75. The van der Waals surface area contributed by atoms with Crippen LogP contribution in [0.1, 0.15) is 34.2 Å². The number of aromatic amines is 1. The Morgan fingerprint density at radius 1 is 1.17 bits per heavy atom. The maximum atomic E-state index is 12.8. The zero-order chi connectivity index (χ0) is 21.7. The van der Waals surface area contributed by atoms with E-state index in [-0.39, 0.29) is 23.5 Å². The molecule has 0 aliphatic heterocycles. The average Bonchev–Trinajstić information content (AvgIpc) is 3.11. The van der Waals surface area contributed by atoms with Gasteiger partial charge in [0.15, 0.2) is 10.6 Å². The second kappa shape index (κ2) is 9.33. The molecule has 0 unspecified atom stereocenters. The SMILES string of the molecule is CCn1c(CNC(=O)c2ccc(C)c(S(=O)(=O)NCc3ccccc3)c2)n[nH]c1=S. The summed E-state index contributed by atoms with van der Waals surface area (Å²) in [7, 11) is -3.78. The van der Waals surface area contributed by atoms with Crippen LogP contribution in [0.25, 0.3) is 0 Å². The molecule has 0 spiro atoms. The van der Waals surface area contributed by atoms with Gasteiger partial charge in [-0.1, -0.05) is 36.4 Å². The van der Waals surface area contributed by atoms with E-state index in [0.717, 1.165) is 5.56 Å². The predicted octanol–water partition coefficient (Wildman–Crippen LogP) is 2.68. The molecule has 158 valence electrons. The molecule has 2 aromatic carbocycles. The minimum absolute atomic E-state index is 0.0716. The highest BCUT2D eigenvalue weighted by molar-refractivity contribution is 7.89. The number of H-pyrrole nitrogens is 1. The number of benzene rings is 2. The van der Waals surface area contributed by atoms with Crippen molar-refractivity contribution >= 4 is 28.1 Å². The molecule has 0 saturated carbocycles. The summed E-state index contributed by atoms with van der Waals surface area (Å²) in [5.41, 5.74) is 1.65. The summed E-state index contributed by atoms with van der Waals surface area (Å²) < 4.78 is 30.4. The second-order valence-corrected chi connectivity index (χ2v) is 8.78. The molecule has 3 rings (SSSR count). The molecule has 0 bridgehead atoms. The lowest BCUT2D eigenvalue weighted by Gasteiger charge is -2.12. The molecule has 1 heterocycles. The van der Waals surface area contributed by atoms with Gasteiger partial charge in [0, 0.05) is 18.7 Å². The monoisotopic (exact) mass is 445 g/mol. The maximum Gasteiger partial charge on any atom is 0.251 e. The summed E-state index contributed by atoms with van der Waals surface area (Å²) in [6.45, 7) is 4.58. The van der Waals surface area contributed by atoms with Crippen molar-refractivity contribution in [1.29, 1.82) is 0 Å². The van der Waals surface area contributed by atoms with Crippen molar-refractivity contribution in [1.82, 2.24) is 24.8 Å². The first-order chi connectivity index (χ1) is 14.3. The van der Waals surface area contributed by atoms with Gasteiger partial charge in [0.2, 0.25) is 10.0 Å². The van der Waals surface area contributed by atoms with Crippen LogP contribution in [0.3, 0.4) is 0 Å². The molecule has 30 heavy (non-hydrogen) atoms. The Hall–Kier alpha value is -2.82. The first-order valence-corrected chi connectivity index (χ1v) is 11.3. The van der Waals surface area contributed by atoms with E-state index in [1.165, 1.54) is 6.07 Å². The van der Waals surface area contributed by atoms with Gasteiger partial charge in [-0.3, -0.25) is 9.89 Å². The van der Waals surface area contributed by atoms with Crippen LogP contribution in [0, 0.1) is 11.7 Å². The standard InChI is InChI=1S/C20H23N5O3S2/c1-3-25-18(23-24-20(25)29)13-21-19(26)16-10-9-14(2)17(11-16)30(27,28)22-12-15-7-5-4-6-8-15/h4-11,22H,3,12-13H2,1-2H3,(H,21,26)(H,24,29). The lowest BCUT2D eigenvalue weighted by molar-refractivity contribution is 0.0949. The van der Waals surface area contributed by atoms with Crippen molar-refractivity contribution < 1.29 is 13.2 Å². The molecule has 3 N–H and O–H groups in total. The summed E-state index contributed by atoms with van der Waals surface area (Å²) in [5, 5.41) is 9.55. The molecule has 0 fully saturated rings. The Labute approximate surface area is 180 Å². The van der Waals surface area contributed by atoms with Crippen LogP contribution in [0.5, 0.6) is 0 Å². The summed E-state index contributed by atoms with van der Waals surface area (Å²) in [5.74, 6) is 0.200. The molecule has 0 aliphatic carbocycles. The fourth-order valence-electron chi connectivity index (χ4n) is 2.96. The number of nitrogens with one attached hydrogen (secondary N) is 3. The zero-order valence-electron chi connectivity index (χ0n) is 16.7. The van der Waals surface area contributed by atoms with Crippen molar-refractivity contribution in [2.45, 2.75) is 38.4 Å². The van der Waals surface area contributed by atoms with Crippen LogP contribution >= 0.6 is 12.2 Å². The molecule has 8 nitrogen and oxygen atoms in total. The second-order valence-electron chi connectivity index (χ2n) is 6.66. The molecule has 1 amide bonds. The Kier molecular flexibility index (Phi) is 6.80. The van der Waals surface area contributed by atoms with Crippen LogP contribution in [0.2, 0.25) is 0 Å². The number of rotatable bonds is 8. The van der Waals surface area contributed by atoms with Gasteiger partial charge in [0.05, 0.1) is 11.4 Å². The highest BCUT2D eigenvalue weighted by atomic mass is 32.2. The quantitative estimate of drug-likeness (QED) is 0.462. The third kappa shape index (κ3) is 5.02. The number of hydrogen-bond donors (Lipinski definition) is 3. The van der Waals surface area contributed by atoms with Crippen molar-refractivity contribution in [3.8, 4) is 0 Å². The van der Waals surface area contributed by atoms with Gasteiger partial charge in [0.1, 0.15) is 0 Å². The molecule has 0 radical (unpaired) electrons. The average molecular weight is 446 g/mol. The van der Waals surface area contributed by atoms with Crippen LogP contribution in [0.4, 0.5) is 0 Å². The minimum atomic E-state index is -3.78. The molecular weight excluding hydrogens is 422 g/mol. The number of amides is 1. The van der Waals surface area contributed by atoms with Crippen molar-refractivity contribution in [2.75, 3.05) is 0 Å². The summed E-state index contributed by atoms with van der Waals surface area (Å²) >= 11 is 5.14. The smallest absolute Gasteiger partial charge is 0.251 e. The summed E-state index contributed by atoms with van der Waals surface area (Å²) in [4.78, 5) is 12.7. The number of carbonyl (C=O) groups excluding carboxylic acids is 1. The lowest BCUT2D eigenvalue weighted by Crippen LogP contribution is -2.27. The Bertz CT molecular complexity index is 1200. The number of nitrogens with zero attached hydrogens (tertiary/aromatic N) is 2. The van der Waals surface area contributed by atoms with E-state index in [1.54, 1.807) is 23.6 Å². The van der Waals surface area contributed by atoms with Crippen molar-refractivity contribution in [3.05, 3.63) is 75.8 Å². The number of aryl methyl sites for hydroxylation is 1. The minimum Gasteiger partial charge on any atom is -0.345 e. The Morgan fingerprint density at radius 3 is 2.60 bits per heavy atom. The normalized spacial score (nSPS) is 11.4. The first kappa shape index (κ1) is 21.9. The van der Waals surface area contributed by atoms with E-state index in [2.05, 4.69) is 20.2 Å². The molecule has 0 atom stereocenters. The van der Waals surface area contributed by atoms with E-state index in [1.807, 2.05) is 37.3 Å². The van der Waals surface area contributed by atoms with Crippen LogP contribution in [-0.2, 0) is 29.7 Å². The number of sulfonamides is 1. The van der Waals surface area contributed by atoms with Crippen LogP contribution in [-0.4, -0.2) is 29.1 Å². The van der Waals surface area contributed by atoms with E-state index in [4.69, 9.17) is 12.2 Å². The third-order valence-corrected chi connectivity index (χ3v) is 6.46. The Morgan fingerprint density at radius 2 is 1.90 bits per heavy atom. The van der Waals surface area contributed by atoms with E-state index < -0.39 is 15.9 Å². The van der Waals surface area contributed by atoms with Gasteiger partial charge in [0.25, 0.3) is 5.91 Å². The van der Waals surface area contributed by atoms with Gasteiger partial charge in [-0.25, -0.2) is 13.1 Å². The fraction of sp³-hybridized carbons (Fsp3) is 0.250. The molecule has 0 aliphatic rings. The zero-order valence-corrected chi connectivity index (χ0v) is 18.3. The van der Waals surface area contributed by atoms with E-state index in [9.17, 15) is 13.2 Å².